The van der Waals surface area contributed by atoms with E-state index >= 15 is 0 Å². The van der Waals surface area contributed by atoms with Crippen LogP contribution < -0.4 is 15.2 Å². The van der Waals surface area contributed by atoms with Crippen molar-refractivity contribution in [1.82, 2.24) is 0 Å². The molecule has 0 saturated carbocycles. The molecule has 3 aromatic rings. The molecule has 1 aliphatic rings. The Kier molecular flexibility index (Phi) is 4.36. The smallest absolute Gasteiger partial charge is 0.161 e. The number of benzene rings is 3. The third-order valence-corrected chi connectivity index (χ3v) is 5.06. The lowest BCUT2D eigenvalue weighted by Crippen LogP contribution is -2.39. The maximum absolute atomic E-state index is 14.3. The first-order valence-corrected chi connectivity index (χ1v) is 8.54. The molecule has 2 N–H and O–H groups in total. The molecule has 2 unspecified atom stereocenters. The Hall–Kier alpha value is -3.24. The fourth-order valence-corrected chi connectivity index (χ4v) is 3.72. The van der Waals surface area contributed by atoms with Crippen LogP contribution in [-0.4, -0.2) is 13.3 Å². The number of fused-ring (bicyclic) bond motifs is 3. The number of hydrogen-bond donors (Lipinski definition) is 1. The number of nitrogens with two attached hydrogens (primary N) is 1. The molecule has 28 heavy (non-hydrogen) atoms. The van der Waals surface area contributed by atoms with Crippen LogP contribution in [0, 0.1) is 28.8 Å². The van der Waals surface area contributed by atoms with Gasteiger partial charge in [0, 0.05) is 29.0 Å². The van der Waals surface area contributed by atoms with Gasteiger partial charge in [-0.3, -0.25) is 5.73 Å². The number of ether oxygens (including phenoxy) is 2. The second-order valence-corrected chi connectivity index (χ2v) is 6.58. The highest BCUT2D eigenvalue weighted by atomic mass is 19.2. The van der Waals surface area contributed by atoms with Crippen LogP contribution in [0.25, 0.3) is 10.8 Å². The molecule has 0 aromatic heterocycles. The van der Waals surface area contributed by atoms with Gasteiger partial charge < -0.3 is 9.47 Å². The van der Waals surface area contributed by atoms with E-state index in [1.165, 1.54) is 7.11 Å². The van der Waals surface area contributed by atoms with Crippen LogP contribution in [0.5, 0.6) is 11.5 Å². The van der Waals surface area contributed by atoms with Gasteiger partial charge in [0.05, 0.1) is 18.7 Å². The Morgan fingerprint density at radius 1 is 1.14 bits per heavy atom. The summed E-state index contributed by atoms with van der Waals surface area (Å²) in [4.78, 5) is 0. The second kappa shape index (κ2) is 6.73. The van der Waals surface area contributed by atoms with Gasteiger partial charge in [-0.15, -0.1) is 0 Å². The highest BCUT2D eigenvalue weighted by Crippen LogP contribution is 2.44. The summed E-state index contributed by atoms with van der Waals surface area (Å²) in [6.45, 7) is 0. The van der Waals surface area contributed by atoms with Crippen molar-refractivity contribution >= 4 is 10.8 Å². The van der Waals surface area contributed by atoms with Crippen LogP contribution in [0.4, 0.5) is 13.2 Å². The van der Waals surface area contributed by atoms with Gasteiger partial charge in [-0.1, -0.05) is 12.1 Å². The molecule has 3 aromatic carbocycles. The number of nitriles is 1. The molecule has 1 heterocycles. The number of nitrogens with zero attached hydrogens (tertiary/aromatic N) is 1. The van der Waals surface area contributed by atoms with Crippen molar-refractivity contribution in [1.29, 1.82) is 5.26 Å². The summed E-state index contributed by atoms with van der Waals surface area (Å²) in [7, 11) is 1.48. The van der Waals surface area contributed by atoms with Crippen molar-refractivity contribution in [2.75, 3.05) is 7.11 Å². The minimum atomic E-state index is -1.26. The van der Waals surface area contributed by atoms with Gasteiger partial charge in [0.2, 0.25) is 0 Å². The third-order valence-electron chi connectivity index (χ3n) is 5.06. The van der Waals surface area contributed by atoms with Crippen LogP contribution in [0.1, 0.15) is 22.6 Å². The molecule has 0 radical (unpaired) electrons. The predicted octanol–water partition coefficient (Wildman–Crippen LogP) is 4.14. The van der Waals surface area contributed by atoms with Crippen molar-refractivity contribution in [3.63, 3.8) is 0 Å². The second-order valence-electron chi connectivity index (χ2n) is 6.58. The van der Waals surface area contributed by atoms with E-state index in [-0.39, 0.29) is 12.0 Å². The summed E-state index contributed by atoms with van der Waals surface area (Å²) >= 11 is 0. The SMILES string of the molecule is COc1cc2c(c3cccc(C#N)c13)CC(c1cc(F)c(F)cc1F)C(N)O2. The van der Waals surface area contributed by atoms with Crippen LogP contribution in [0.15, 0.2) is 36.4 Å². The first-order valence-electron chi connectivity index (χ1n) is 8.54. The summed E-state index contributed by atoms with van der Waals surface area (Å²) in [6.07, 6.45) is -0.735. The quantitative estimate of drug-likeness (QED) is 0.675. The summed E-state index contributed by atoms with van der Waals surface area (Å²) in [5, 5.41) is 10.7. The number of methoxy groups -OCH3 is 1. The van der Waals surface area contributed by atoms with Gasteiger partial charge >= 0.3 is 0 Å². The molecule has 7 heteroatoms. The summed E-state index contributed by atoms with van der Waals surface area (Å²) in [6, 6.07) is 10.3. The van der Waals surface area contributed by atoms with E-state index in [1.807, 2.05) is 0 Å². The zero-order valence-corrected chi connectivity index (χ0v) is 14.8. The molecule has 0 aliphatic carbocycles. The average Bonchev–Trinajstić information content (AvgIpc) is 2.69. The van der Waals surface area contributed by atoms with Crippen LogP contribution in [-0.2, 0) is 6.42 Å². The molecular weight excluding hydrogens is 369 g/mol. The Balaban J connectivity index is 1.91. The van der Waals surface area contributed by atoms with Gasteiger partial charge in [-0.25, -0.2) is 13.2 Å². The van der Waals surface area contributed by atoms with E-state index in [0.717, 1.165) is 6.07 Å². The molecular formula is C21H15F3N2O2. The number of rotatable bonds is 2. The zero-order valence-electron chi connectivity index (χ0n) is 14.8. The minimum absolute atomic E-state index is 0.0579. The summed E-state index contributed by atoms with van der Waals surface area (Å²) in [5.41, 5.74) is 7.14. The van der Waals surface area contributed by atoms with Crippen LogP contribution in [0.3, 0.4) is 0 Å². The largest absolute Gasteiger partial charge is 0.496 e. The lowest BCUT2D eigenvalue weighted by molar-refractivity contribution is 0.154. The summed E-state index contributed by atoms with van der Waals surface area (Å²) in [5.74, 6) is -3.13. The van der Waals surface area contributed by atoms with E-state index in [1.54, 1.807) is 24.3 Å². The molecule has 0 spiro atoms. The lowest BCUT2D eigenvalue weighted by atomic mass is 9.85. The Morgan fingerprint density at radius 2 is 1.89 bits per heavy atom. The average molecular weight is 384 g/mol. The number of hydrogen-bond acceptors (Lipinski definition) is 4. The number of halogens is 3. The Bertz CT molecular complexity index is 1140. The molecule has 2 atom stereocenters. The fourth-order valence-electron chi connectivity index (χ4n) is 3.72. The lowest BCUT2D eigenvalue weighted by Gasteiger charge is -2.33. The molecule has 4 nitrogen and oxygen atoms in total. The summed E-state index contributed by atoms with van der Waals surface area (Å²) < 4.78 is 52.6. The van der Waals surface area contributed by atoms with E-state index in [0.29, 0.717) is 39.5 Å². The van der Waals surface area contributed by atoms with Crippen molar-refractivity contribution in [2.24, 2.45) is 5.73 Å². The highest BCUT2D eigenvalue weighted by Gasteiger charge is 2.33. The van der Waals surface area contributed by atoms with Crippen molar-refractivity contribution in [2.45, 2.75) is 18.6 Å². The fraction of sp³-hybridized carbons (Fsp3) is 0.190. The monoisotopic (exact) mass is 384 g/mol. The van der Waals surface area contributed by atoms with E-state index in [2.05, 4.69) is 6.07 Å². The molecule has 142 valence electrons. The molecule has 0 saturated heterocycles. The minimum Gasteiger partial charge on any atom is -0.496 e. The highest BCUT2D eigenvalue weighted by molar-refractivity contribution is 5.97. The molecule has 0 bridgehead atoms. The van der Waals surface area contributed by atoms with E-state index in [9.17, 15) is 18.4 Å². The van der Waals surface area contributed by atoms with Crippen molar-refractivity contribution in [3.8, 4) is 17.6 Å². The standard InChI is InChI=1S/C21H15F3N2O2/c1-27-19-8-18-13(11-4-2-3-10(9-25)20(11)19)5-14(21(26)28-18)12-6-16(23)17(24)7-15(12)22/h2-4,6-8,14,21H,5,26H2,1H3. The topological polar surface area (TPSA) is 68.3 Å². The molecule has 4 rings (SSSR count). The first kappa shape index (κ1) is 18.1. The van der Waals surface area contributed by atoms with Crippen LogP contribution in [0.2, 0.25) is 0 Å². The van der Waals surface area contributed by atoms with Crippen molar-refractivity contribution in [3.05, 3.63) is 70.5 Å². The normalized spacial score (nSPS) is 18.3. The maximum atomic E-state index is 14.3. The maximum Gasteiger partial charge on any atom is 0.161 e. The van der Waals surface area contributed by atoms with Gasteiger partial charge in [0.1, 0.15) is 17.3 Å². The molecule has 0 amide bonds. The van der Waals surface area contributed by atoms with Gasteiger partial charge in [0.25, 0.3) is 0 Å². The van der Waals surface area contributed by atoms with Gasteiger partial charge in [-0.05, 0) is 29.5 Å². The zero-order chi connectivity index (χ0) is 20.0. The van der Waals surface area contributed by atoms with Crippen LogP contribution >= 0.6 is 0 Å². The molecule has 0 fully saturated rings. The van der Waals surface area contributed by atoms with Gasteiger partial charge in [-0.2, -0.15) is 5.26 Å². The van der Waals surface area contributed by atoms with Gasteiger partial charge in [0.15, 0.2) is 17.9 Å². The van der Waals surface area contributed by atoms with E-state index in [4.69, 9.17) is 15.2 Å². The predicted molar refractivity (Wildman–Crippen MR) is 96.6 cm³/mol. The van der Waals surface area contributed by atoms with Crippen molar-refractivity contribution < 1.29 is 22.6 Å². The third kappa shape index (κ3) is 2.74. The first-order chi connectivity index (χ1) is 13.4. The Morgan fingerprint density at radius 3 is 2.61 bits per heavy atom. The molecule has 1 aliphatic heterocycles. The van der Waals surface area contributed by atoms with E-state index < -0.39 is 29.6 Å². The Labute approximate surface area is 158 Å².